The Labute approximate surface area is 221 Å². The molecule has 2 N–H and O–H groups in total. The number of ether oxygens (including phenoxy) is 3. The van der Waals surface area contributed by atoms with Crippen LogP contribution in [-0.4, -0.2) is 46.9 Å². The third-order valence-corrected chi connectivity index (χ3v) is 8.08. The Balaban J connectivity index is 1.74. The van der Waals surface area contributed by atoms with E-state index >= 15 is 0 Å². The highest BCUT2D eigenvalue weighted by Crippen LogP contribution is 2.43. The highest BCUT2D eigenvalue weighted by molar-refractivity contribution is 5.96. The molecule has 0 radical (unpaired) electrons. The number of phenolic OH excluding ortho intramolecular Hbond substituents is 1. The Hall–Kier alpha value is -2.41. The first-order valence-electron chi connectivity index (χ1n) is 13.6. The first-order chi connectivity index (χ1) is 17.6. The van der Waals surface area contributed by atoms with Gasteiger partial charge in [-0.05, 0) is 80.7 Å². The number of benzene rings is 1. The number of allylic oxidation sites excluding steroid dienone is 4. The predicted octanol–water partition coefficient (Wildman–Crippen LogP) is 6.24. The minimum Gasteiger partial charge on any atom is -0.508 e. The van der Waals surface area contributed by atoms with E-state index in [-0.39, 0.29) is 30.7 Å². The molecule has 3 aliphatic rings. The molecule has 2 fully saturated rings. The fraction of sp³-hybridized carbons (Fsp3) is 0.581. The summed E-state index contributed by atoms with van der Waals surface area (Å²) in [6.07, 6.45) is 12.1. The van der Waals surface area contributed by atoms with E-state index < -0.39 is 11.8 Å². The van der Waals surface area contributed by atoms with Gasteiger partial charge >= 0.3 is 5.97 Å². The molecule has 0 aliphatic carbocycles. The zero-order valence-corrected chi connectivity index (χ0v) is 22.8. The zero-order chi connectivity index (χ0) is 26.7. The number of aliphatic hydroxyl groups is 1. The van der Waals surface area contributed by atoms with Crippen molar-refractivity contribution in [2.45, 2.75) is 97.2 Å². The van der Waals surface area contributed by atoms with E-state index in [1.807, 2.05) is 6.08 Å². The molecule has 1 aromatic rings. The summed E-state index contributed by atoms with van der Waals surface area (Å²) in [6.45, 7) is 10.1. The van der Waals surface area contributed by atoms with Gasteiger partial charge in [0.15, 0.2) is 5.79 Å². The zero-order valence-electron chi connectivity index (χ0n) is 22.8. The lowest BCUT2D eigenvalue weighted by molar-refractivity contribution is -0.331. The lowest BCUT2D eigenvalue weighted by Gasteiger charge is -2.49. The molecule has 0 unspecified atom stereocenters. The number of fused-ring (bicyclic) bond motifs is 3. The number of rotatable bonds is 1. The van der Waals surface area contributed by atoms with E-state index in [0.717, 1.165) is 25.7 Å². The van der Waals surface area contributed by atoms with Crippen molar-refractivity contribution >= 4 is 11.5 Å². The summed E-state index contributed by atoms with van der Waals surface area (Å²) in [6, 6.07) is 3.19. The van der Waals surface area contributed by atoms with Crippen molar-refractivity contribution in [1.82, 2.24) is 0 Å². The van der Waals surface area contributed by atoms with E-state index in [2.05, 4.69) is 39.8 Å². The summed E-state index contributed by atoms with van der Waals surface area (Å²) in [5, 5.41) is 20.6. The summed E-state index contributed by atoms with van der Waals surface area (Å²) >= 11 is 0. The van der Waals surface area contributed by atoms with E-state index in [0.29, 0.717) is 46.9 Å². The molecule has 2 bridgehead atoms. The minimum absolute atomic E-state index is 0.0650. The predicted molar refractivity (Wildman–Crippen MR) is 144 cm³/mol. The molecule has 3 heterocycles. The Morgan fingerprint density at radius 2 is 1.86 bits per heavy atom. The fourth-order valence-electron chi connectivity index (χ4n) is 5.72. The van der Waals surface area contributed by atoms with Crippen molar-refractivity contribution in [1.29, 1.82) is 0 Å². The van der Waals surface area contributed by atoms with Crippen LogP contribution < -0.4 is 0 Å². The fourth-order valence-corrected chi connectivity index (χ4v) is 5.72. The van der Waals surface area contributed by atoms with Crippen LogP contribution in [0.5, 0.6) is 5.75 Å². The van der Waals surface area contributed by atoms with Gasteiger partial charge < -0.3 is 24.4 Å². The number of aromatic hydroxyl groups is 1. The van der Waals surface area contributed by atoms with Gasteiger partial charge in [0.2, 0.25) is 0 Å². The van der Waals surface area contributed by atoms with Gasteiger partial charge in [-0.2, -0.15) is 0 Å². The average molecular weight is 511 g/mol. The monoisotopic (exact) mass is 510 g/mol. The van der Waals surface area contributed by atoms with E-state index in [4.69, 9.17) is 14.2 Å². The van der Waals surface area contributed by atoms with Crippen molar-refractivity contribution < 1.29 is 29.2 Å². The van der Waals surface area contributed by atoms with Gasteiger partial charge in [0.05, 0.1) is 24.4 Å². The normalized spacial score (nSPS) is 37.0. The molecule has 6 atom stereocenters. The van der Waals surface area contributed by atoms with Gasteiger partial charge in [-0.15, -0.1) is 0 Å². The van der Waals surface area contributed by atoms with Crippen LogP contribution in [-0.2, 0) is 14.2 Å². The molecule has 6 nitrogen and oxygen atoms in total. The summed E-state index contributed by atoms with van der Waals surface area (Å²) in [5.41, 5.74) is 3.22. The minimum atomic E-state index is -0.757. The molecule has 4 rings (SSSR count). The topological polar surface area (TPSA) is 85.2 Å². The Bertz CT molecular complexity index is 1090. The van der Waals surface area contributed by atoms with Crippen LogP contribution in [0.3, 0.4) is 0 Å². The lowest BCUT2D eigenvalue weighted by Crippen LogP contribution is -2.53. The third kappa shape index (κ3) is 6.54. The molecule has 6 heteroatoms. The van der Waals surface area contributed by atoms with E-state index in [1.54, 1.807) is 25.1 Å². The summed E-state index contributed by atoms with van der Waals surface area (Å²) < 4.78 is 19.2. The van der Waals surface area contributed by atoms with Crippen molar-refractivity contribution in [2.75, 3.05) is 6.61 Å². The van der Waals surface area contributed by atoms with Gasteiger partial charge in [0, 0.05) is 19.3 Å². The van der Waals surface area contributed by atoms with Crippen LogP contribution in [0, 0.1) is 18.8 Å². The molecular weight excluding hydrogens is 468 g/mol. The van der Waals surface area contributed by atoms with Gasteiger partial charge in [0.25, 0.3) is 0 Å². The van der Waals surface area contributed by atoms with Crippen LogP contribution in [0.1, 0.15) is 87.7 Å². The van der Waals surface area contributed by atoms with Crippen molar-refractivity contribution in [2.24, 2.45) is 11.8 Å². The highest BCUT2D eigenvalue weighted by atomic mass is 16.7. The maximum absolute atomic E-state index is 13.6. The summed E-state index contributed by atoms with van der Waals surface area (Å²) in [4.78, 5) is 13.6. The number of carbonyl (C=O) groups is 1. The van der Waals surface area contributed by atoms with Crippen molar-refractivity contribution in [3.63, 3.8) is 0 Å². The molecule has 2 saturated heterocycles. The average Bonchev–Trinajstić information content (AvgIpc) is 2.84. The lowest BCUT2D eigenvalue weighted by atomic mass is 9.86. The Kier molecular flexibility index (Phi) is 8.62. The molecule has 0 amide bonds. The van der Waals surface area contributed by atoms with Crippen LogP contribution in [0.25, 0.3) is 5.57 Å². The first-order valence-corrected chi connectivity index (χ1v) is 13.6. The molecule has 0 aromatic heterocycles. The standard InChI is InChI=1S/C31H42O6/c1-19-7-6-8-24(18-32)27-16-29(33)22(4)14-28(27)30(34)35-26-15-25(10-9-20(2)13-19)37-31(17-26)12-11-21(3)23(5)36-31/h6-9,14,16,19,21,23,25-26,32-33H,10-13,15,17-18H2,1-5H3/b7-6+,20-9+,24-8+/t19-,21-,23+,25+,26-,31-/m0/s1. The van der Waals surface area contributed by atoms with Crippen LogP contribution in [0.15, 0.2) is 42.0 Å². The van der Waals surface area contributed by atoms with Crippen molar-refractivity contribution in [3.8, 4) is 5.75 Å². The number of carbonyl (C=O) groups excluding carboxylic acids is 1. The second-order valence-electron chi connectivity index (χ2n) is 11.3. The number of hydrogen-bond donors (Lipinski definition) is 2. The van der Waals surface area contributed by atoms with Gasteiger partial charge in [0.1, 0.15) is 11.9 Å². The number of esters is 1. The number of aryl methyl sites for hydroxylation is 1. The Morgan fingerprint density at radius 3 is 2.59 bits per heavy atom. The van der Waals surface area contributed by atoms with Gasteiger partial charge in [-0.25, -0.2) is 4.79 Å². The maximum atomic E-state index is 13.6. The highest BCUT2D eigenvalue weighted by Gasteiger charge is 2.47. The molecule has 0 saturated carbocycles. The second-order valence-corrected chi connectivity index (χ2v) is 11.3. The molecule has 3 aliphatic heterocycles. The smallest absolute Gasteiger partial charge is 0.339 e. The number of aliphatic hydroxyl groups excluding tert-OH is 1. The van der Waals surface area contributed by atoms with E-state index in [9.17, 15) is 15.0 Å². The molecule has 1 aromatic carbocycles. The van der Waals surface area contributed by atoms with Crippen LogP contribution in [0.2, 0.25) is 0 Å². The van der Waals surface area contributed by atoms with Crippen molar-refractivity contribution in [3.05, 3.63) is 58.7 Å². The Morgan fingerprint density at radius 1 is 1.08 bits per heavy atom. The summed E-state index contributed by atoms with van der Waals surface area (Å²) in [7, 11) is 0. The summed E-state index contributed by atoms with van der Waals surface area (Å²) in [5.74, 6) is -0.406. The SMILES string of the molecule is C/C1=C\C[C@@H]2C[C@@H](C[C@]3(CC[C@H](C)[C@@H](C)O3)O2)OC(=O)c2cc(C)c(O)cc2/C(CO)=C/C=C/[C@H](C)C1. The molecule has 37 heavy (non-hydrogen) atoms. The largest absolute Gasteiger partial charge is 0.508 e. The molecule has 202 valence electrons. The van der Waals surface area contributed by atoms with Gasteiger partial charge in [-0.3, -0.25) is 0 Å². The van der Waals surface area contributed by atoms with Crippen LogP contribution in [0.4, 0.5) is 0 Å². The number of hydrogen-bond acceptors (Lipinski definition) is 6. The maximum Gasteiger partial charge on any atom is 0.339 e. The first kappa shape index (κ1) is 27.6. The number of phenols is 1. The second kappa shape index (κ2) is 11.5. The molecule has 1 spiro atoms. The van der Waals surface area contributed by atoms with Gasteiger partial charge in [-0.1, -0.05) is 43.7 Å². The van der Waals surface area contributed by atoms with Crippen LogP contribution >= 0.6 is 0 Å². The quantitative estimate of drug-likeness (QED) is 0.343. The van der Waals surface area contributed by atoms with E-state index in [1.165, 1.54) is 5.57 Å². The molecular formula is C31H42O6. The third-order valence-electron chi connectivity index (χ3n) is 8.08.